The van der Waals surface area contributed by atoms with Gasteiger partial charge in [-0.1, -0.05) is 158 Å². The summed E-state index contributed by atoms with van der Waals surface area (Å²) in [6, 6.07) is 31.2. The van der Waals surface area contributed by atoms with Crippen LogP contribution in [0.2, 0.25) is 0 Å². The van der Waals surface area contributed by atoms with Crippen molar-refractivity contribution in [3.05, 3.63) is 103 Å². The molecule has 282 valence electrons. The van der Waals surface area contributed by atoms with Crippen molar-refractivity contribution < 1.29 is 9.47 Å². The summed E-state index contributed by atoms with van der Waals surface area (Å²) in [7, 11) is 0. The molecule has 0 heterocycles. The molecule has 0 spiro atoms. The summed E-state index contributed by atoms with van der Waals surface area (Å²) >= 11 is 4.28. The Morgan fingerprint density at radius 3 is 1.43 bits per heavy atom. The van der Waals surface area contributed by atoms with Crippen LogP contribution in [0.15, 0.2) is 97.1 Å². The molecular weight excluding hydrogens is 707 g/mol. The Kier molecular flexibility index (Phi) is 24.6. The zero-order chi connectivity index (χ0) is 36.1. The van der Waals surface area contributed by atoms with E-state index >= 15 is 0 Å². The maximum absolute atomic E-state index is 6.26. The zero-order valence-corrected chi connectivity index (χ0v) is 34.9. The molecular formula is C47H71BrO2P+. The molecule has 0 aliphatic rings. The topological polar surface area (TPSA) is 18.5 Å². The molecule has 51 heavy (non-hydrogen) atoms. The van der Waals surface area contributed by atoms with Crippen molar-refractivity contribution in [2.45, 2.75) is 161 Å². The fourth-order valence-electron chi connectivity index (χ4n) is 6.75. The van der Waals surface area contributed by atoms with E-state index in [0.717, 1.165) is 32.5 Å². The first-order valence-corrected chi connectivity index (χ1v) is 24.7. The molecule has 0 aliphatic carbocycles. The van der Waals surface area contributed by atoms with Crippen LogP contribution >= 0.6 is 21.5 Å². The second-order valence-corrected chi connectivity index (χ2v) is 20.3. The monoisotopic (exact) mass is 777 g/mol. The van der Waals surface area contributed by atoms with Crippen LogP contribution in [-0.4, -0.2) is 19.5 Å². The highest BCUT2D eigenvalue weighted by Gasteiger charge is 2.43. The third kappa shape index (κ3) is 18.2. The summed E-state index contributed by atoms with van der Waals surface area (Å²) in [4.78, 5) is 0. The van der Waals surface area contributed by atoms with Gasteiger partial charge in [-0.3, -0.25) is 0 Å². The van der Waals surface area contributed by atoms with E-state index < -0.39 is 5.96 Å². The molecule has 0 aromatic heterocycles. The van der Waals surface area contributed by atoms with Crippen LogP contribution < -0.4 is 15.9 Å². The van der Waals surface area contributed by atoms with Gasteiger partial charge < -0.3 is 9.47 Å². The van der Waals surface area contributed by atoms with Crippen molar-refractivity contribution in [3.63, 3.8) is 0 Å². The van der Waals surface area contributed by atoms with E-state index in [4.69, 9.17) is 9.47 Å². The van der Waals surface area contributed by atoms with Gasteiger partial charge in [-0.2, -0.15) is 0 Å². The second-order valence-electron chi connectivity index (χ2n) is 14.3. The Morgan fingerprint density at radius 2 is 0.922 bits per heavy atom. The van der Waals surface area contributed by atoms with Crippen LogP contribution in [0.1, 0.15) is 154 Å². The molecule has 2 nitrogen and oxygen atoms in total. The van der Waals surface area contributed by atoms with Gasteiger partial charge in [0.2, 0.25) is 0 Å². The minimum absolute atomic E-state index is 0.0146. The molecule has 3 aromatic rings. The van der Waals surface area contributed by atoms with Crippen LogP contribution in [0.25, 0.3) is 0 Å². The molecule has 4 heteroatoms. The van der Waals surface area contributed by atoms with Crippen molar-refractivity contribution in [2.24, 2.45) is 0 Å². The number of hydrogen-bond donors (Lipinski definition) is 0. The molecule has 0 bridgehead atoms. The number of allylic oxidation sites excluding steroid dienone is 2. The van der Waals surface area contributed by atoms with Gasteiger partial charge in [-0.25, -0.2) is 0 Å². The van der Waals surface area contributed by atoms with E-state index in [9.17, 15) is 0 Å². The van der Waals surface area contributed by atoms with Gasteiger partial charge in [0.05, 0.1) is 0 Å². The van der Waals surface area contributed by atoms with E-state index in [1.54, 1.807) is 0 Å². The zero-order valence-electron chi connectivity index (χ0n) is 32.4. The summed E-state index contributed by atoms with van der Waals surface area (Å²) in [6.45, 7) is 6.27. The standard InChI is InChI=1S/C47H71BrO2P/c1-3-5-7-9-15-19-29-41-49-47(50-42-30-20-16-10-8-6-4-2)36-28-18-14-12-11-13-17-23-31-43-37-39-46(40-38-43)51(48,44-32-24-21-25-33-44)45-34-26-22-27-35-45/h11,13,21-22,24-27,32-35,37-40,47H,3-10,12,14-20,23,28-31,36,41-42H2,1-2H3/q+1/b13-11+. The molecule has 0 N–H and O–H groups in total. The molecule has 3 rings (SSSR count). The summed E-state index contributed by atoms with van der Waals surface area (Å²) < 4.78 is 12.5. The number of unbranched alkanes of at least 4 members (excludes halogenated alkanes) is 16. The minimum atomic E-state index is -1.84. The molecule has 0 amide bonds. The average molecular weight is 779 g/mol. The van der Waals surface area contributed by atoms with E-state index in [0.29, 0.717) is 0 Å². The Bertz CT molecular complexity index is 1190. The summed E-state index contributed by atoms with van der Waals surface area (Å²) in [6.07, 6.45) is 32.6. The lowest BCUT2D eigenvalue weighted by atomic mass is 10.1. The van der Waals surface area contributed by atoms with Crippen molar-refractivity contribution in [1.82, 2.24) is 0 Å². The number of benzene rings is 3. The first-order chi connectivity index (χ1) is 25.2. The minimum Gasteiger partial charge on any atom is -0.353 e. The number of hydrogen-bond acceptors (Lipinski definition) is 2. The predicted molar refractivity (Wildman–Crippen MR) is 231 cm³/mol. The molecule has 0 saturated heterocycles. The van der Waals surface area contributed by atoms with Crippen LogP contribution in [0, 0.1) is 0 Å². The number of aryl methyl sites for hydroxylation is 1. The van der Waals surface area contributed by atoms with Gasteiger partial charge in [0.25, 0.3) is 0 Å². The first kappa shape index (κ1) is 43.6. The molecule has 0 atom stereocenters. The molecule has 0 unspecified atom stereocenters. The van der Waals surface area contributed by atoms with Crippen molar-refractivity contribution >= 4 is 37.4 Å². The lowest BCUT2D eigenvalue weighted by Crippen LogP contribution is -2.26. The number of ether oxygens (including phenoxy) is 2. The van der Waals surface area contributed by atoms with Crippen LogP contribution in [-0.2, 0) is 15.9 Å². The molecule has 0 aliphatic heterocycles. The number of halogens is 1. The quantitative estimate of drug-likeness (QED) is 0.0280. The van der Waals surface area contributed by atoms with E-state index in [1.165, 1.54) is 143 Å². The van der Waals surface area contributed by atoms with Gasteiger partial charge in [-0.15, -0.1) is 0 Å². The lowest BCUT2D eigenvalue weighted by Gasteiger charge is -2.20. The Balaban J connectivity index is 1.31. The van der Waals surface area contributed by atoms with Crippen molar-refractivity contribution in [3.8, 4) is 0 Å². The van der Waals surface area contributed by atoms with Crippen LogP contribution in [0.3, 0.4) is 0 Å². The maximum Gasteiger partial charge on any atom is 0.181 e. The molecule has 0 saturated carbocycles. The molecule has 3 aromatic carbocycles. The van der Waals surface area contributed by atoms with Gasteiger partial charge in [0, 0.05) is 13.2 Å². The maximum atomic E-state index is 6.26. The summed E-state index contributed by atoms with van der Waals surface area (Å²) in [5.74, 6) is -1.84. The highest BCUT2D eigenvalue weighted by atomic mass is 79.9. The van der Waals surface area contributed by atoms with Gasteiger partial charge in [0.1, 0.15) is 15.9 Å². The third-order valence-electron chi connectivity index (χ3n) is 9.93. The normalized spacial score (nSPS) is 12.0. The Hall–Kier alpha value is -1.77. The van der Waals surface area contributed by atoms with E-state index in [-0.39, 0.29) is 6.29 Å². The van der Waals surface area contributed by atoms with Gasteiger partial charge in [-0.05, 0) is 99.7 Å². The van der Waals surface area contributed by atoms with Gasteiger partial charge in [0.15, 0.2) is 27.7 Å². The summed E-state index contributed by atoms with van der Waals surface area (Å²) in [5, 5.41) is 4.08. The first-order valence-electron chi connectivity index (χ1n) is 20.9. The number of rotatable bonds is 31. The van der Waals surface area contributed by atoms with Crippen molar-refractivity contribution in [1.29, 1.82) is 0 Å². The van der Waals surface area contributed by atoms with Gasteiger partial charge >= 0.3 is 0 Å². The van der Waals surface area contributed by atoms with Crippen LogP contribution in [0.5, 0.6) is 0 Å². The van der Waals surface area contributed by atoms with E-state index in [2.05, 4.69) is 126 Å². The fourth-order valence-corrected chi connectivity index (χ4v) is 11.5. The predicted octanol–water partition coefficient (Wildman–Crippen LogP) is 14.0. The largest absolute Gasteiger partial charge is 0.353 e. The fraction of sp³-hybridized carbons (Fsp3) is 0.574. The highest BCUT2D eigenvalue weighted by Crippen LogP contribution is 2.62. The SMILES string of the molecule is CCCCCCCCCOC(CCCCC/C=C/CCCc1ccc([P+](Br)(c2ccccc2)c2ccccc2)cc1)OCCCCCCCCC. The van der Waals surface area contributed by atoms with Crippen molar-refractivity contribution in [2.75, 3.05) is 13.2 Å². The third-order valence-corrected chi connectivity index (χ3v) is 16.6. The second kappa shape index (κ2) is 28.7. The Labute approximate surface area is 322 Å². The lowest BCUT2D eigenvalue weighted by molar-refractivity contribution is -0.148. The van der Waals surface area contributed by atoms with E-state index in [1.807, 2.05) is 0 Å². The molecule has 0 fully saturated rings. The van der Waals surface area contributed by atoms with Crippen LogP contribution in [0.4, 0.5) is 0 Å². The summed E-state index contributed by atoms with van der Waals surface area (Å²) in [5.41, 5.74) is 1.42. The Morgan fingerprint density at radius 1 is 0.490 bits per heavy atom. The molecule has 0 radical (unpaired) electrons. The smallest absolute Gasteiger partial charge is 0.181 e. The highest BCUT2D eigenvalue weighted by molar-refractivity contribution is 9.44. The average Bonchev–Trinajstić information content (AvgIpc) is 3.17.